The van der Waals surface area contributed by atoms with Gasteiger partial charge in [0.15, 0.2) is 5.82 Å². The van der Waals surface area contributed by atoms with Crippen molar-refractivity contribution in [2.24, 2.45) is 0 Å². The maximum Gasteiger partial charge on any atom is 0.410 e. The van der Waals surface area contributed by atoms with Gasteiger partial charge < -0.3 is 14.6 Å². The Balaban J connectivity index is 2.30. The summed E-state index contributed by atoms with van der Waals surface area (Å²) in [5.74, 6) is -0.188. The molecule has 0 unspecified atom stereocenters. The zero-order valence-electron chi connectivity index (χ0n) is 10.8. The SMILES string of the molecule is CCCc1noc(Cn2cc(S(=O)(=O)Cl)c([N+](=O)[O-])n2)n1. The lowest BCUT2D eigenvalue weighted by atomic mass is 10.3. The van der Waals surface area contributed by atoms with Crippen LogP contribution in [0.5, 0.6) is 0 Å². The van der Waals surface area contributed by atoms with Crippen LogP contribution in [-0.4, -0.2) is 33.3 Å². The van der Waals surface area contributed by atoms with Crippen molar-refractivity contribution in [2.75, 3.05) is 0 Å². The minimum absolute atomic E-state index is 0.0933. The summed E-state index contributed by atoms with van der Waals surface area (Å²) in [6.07, 6.45) is 2.41. The third-order valence-electron chi connectivity index (χ3n) is 2.43. The molecule has 21 heavy (non-hydrogen) atoms. The molecule has 0 fully saturated rings. The van der Waals surface area contributed by atoms with Gasteiger partial charge in [0.05, 0.1) is 11.3 Å². The fourth-order valence-corrected chi connectivity index (χ4v) is 2.50. The van der Waals surface area contributed by atoms with Crippen molar-refractivity contribution in [3.8, 4) is 0 Å². The fourth-order valence-electron chi connectivity index (χ4n) is 1.59. The molecule has 0 aromatic carbocycles. The minimum Gasteiger partial charge on any atom is -0.358 e. The molecule has 0 bridgehead atoms. The van der Waals surface area contributed by atoms with Crippen LogP contribution < -0.4 is 0 Å². The highest BCUT2D eigenvalue weighted by Gasteiger charge is 2.30. The third kappa shape index (κ3) is 3.55. The molecule has 12 heteroatoms. The summed E-state index contributed by atoms with van der Waals surface area (Å²) in [6, 6.07) is 0. The number of hydrogen-bond acceptors (Lipinski definition) is 8. The van der Waals surface area contributed by atoms with E-state index >= 15 is 0 Å². The van der Waals surface area contributed by atoms with Crippen LogP contribution in [0.2, 0.25) is 0 Å². The molecule has 0 N–H and O–H groups in total. The molecular weight excluding hydrogens is 326 g/mol. The number of aryl methyl sites for hydroxylation is 1. The average molecular weight is 336 g/mol. The highest BCUT2D eigenvalue weighted by atomic mass is 35.7. The van der Waals surface area contributed by atoms with Crippen molar-refractivity contribution in [1.29, 1.82) is 0 Å². The Hall–Kier alpha value is -2.01. The molecule has 0 aliphatic rings. The normalized spacial score (nSPS) is 11.7. The number of halogens is 1. The van der Waals surface area contributed by atoms with E-state index < -0.39 is 24.7 Å². The zero-order valence-corrected chi connectivity index (χ0v) is 12.3. The van der Waals surface area contributed by atoms with Gasteiger partial charge in [0, 0.05) is 17.1 Å². The van der Waals surface area contributed by atoms with E-state index in [-0.39, 0.29) is 12.4 Å². The largest absolute Gasteiger partial charge is 0.410 e. The molecule has 0 spiro atoms. The van der Waals surface area contributed by atoms with Crippen LogP contribution in [0.3, 0.4) is 0 Å². The molecule has 0 aliphatic carbocycles. The fraction of sp³-hybridized carbons (Fsp3) is 0.444. The summed E-state index contributed by atoms with van der Waals surface area (Å²) in [5.41, 5.74) is 0. The molecule has 0 radical (unpaired) electrons. The quantitative estimate of drug-likeness (QED) is 0.435. The van der Waals surface area contributed by atoms with Gasteiger partial charge >= 0.3 is 5.82 Å². The van der Waals surface area contributed by atoms with Crippen LogP contribution in [0.4, 0.5) is 5.82 Å². The second-order valence-electron chi connectivity index (χ2n) is 4.06. The van der Waals surface area contributed by atoms with Crippen LogP contribution in [0, 0.1) is 10.1 Å². The number of nitrogens with zero attached hydrogens (tertiary/aromatic N) is 5. The Morgan fingerprint density at radius 2 is 2.24 bits per heavy atom. The van der Waals surface area contributed by atoms with Gasteiger partial charge in [-0.15, -0.1) is 0 Å². The molecule has 2 aromatic rings. The third-order valence-corrected chi connectivity index (χ3v) is 3.74. The van der Waals surface area contributed by atoms with E-state index in [2.05, 4.69) is 15.2 Å². The summed E-state index contributed by atoms with van der Waals surface area (Å²) < 4.78 is 28.5. The maximum atomic E-state index is 11.3. The van der Waals surface area contributed by atoms with E-state index in [0.717, 1.165) is 17.3 Å². The molecular formula is C9H10ClN5O5S. The summed E-state index contributed by atoms with van der Waals surface area (Å²) in [5, 5.41) is 18.0. The first kappa shape index (κ1) is 15.4. The van der Waals surface area contributed by atoms with Gasteiger partial charge in [0.2, 0.25) is 10.8 Å². The standard InChI is InChI=1S/C9H10ClN5O5S/c1-2-3-7-11-8(20-13-7)5-14-4-6(21(10,18)19)9(12-14)15(16)17/h4H,2-3,5H2,1H3. The summed E-state index contributed by atoms with van der Waals surface area (Å²) in [7, 11) is 0.860. The molecule has 2 heterocycles. The van der Waals surface area contributed by atoms with Gasteiger partial charge in [0.1, 0.15) is 6.54 Å². The maximum absolute atomic E-state index is 11.3. The van der Waals surface area contributed by atoms with Gasteiger partial charge in [-0.3, -0.25) is 0 Å². The van der Waals surface area contributed by atoms with Crippen molar-refractivity contribution in [3.63, 3.8) is 0 Å². The van der Waals surface area contributed by atoms with E-state index in [0.29, 0.717) is 12.2 Å². The van der Waals surface area contributed by atoms with Crippen LogP contribution in [0.25, 0.3) is 0 Å². The van der Waals surface area contributed by atoms with Gasteiger partial charge in [-0.2, -0.15) is 9.67 Å². The predicted molar refractivity (Wildman–Crippen MR) is 69.3 cm³/mol. The molecule has 2 aromatic heterocycles. The summed E-state index contributed by atoms with van der Waals surface area (Å²) in [6.45, 7) is 1.86. The first-order valence-corrected chi connectivity index (χ1v) is 8.10. The molecule has 10 nitrogen and oxygen atoms in total. The van der Waals surface area contributed by atoms with Crippen LogP contribution >= 0.6 is 10.7 Å². The lowest BCUT2D eigenvalue weighted by molar-refractivity contribution is -0.392. The van der Waals surface area contributed by atoms with E-state index in [1.165, 1.54) is 0 Å². The monoisotopic (exact) mass is 335 g/mol. The van der Waals surface area contributed by atoms with Crippen molar-refractivity contribution in [2.45, 2.75) is 31.2 Å². The molecule has 0 saturated heterocycles. The van der Waals surface area contributed by atoms with Gasteiger partial charge in [-0.05, 0) is 11.3 Å². The Labute approximate surface area is 123 Å². The van der Waals surface area contributed by atoms with Crippen LogP contribution in [-0.2, 0) is 22.0 Å². The summed E-state index contributed by atoms with van der Waals surface area (Å²) >= 11 is 0. The Morgan fingerprint density at radius 3 is 2.76 bits per heavy atom. The summed E-state index contributed by atoms with van der Waals surface area (Å²) in [4.78, 5) is 13.2. The van der Waals surface area contributed by atoms with Gasteiger partial charge in [-0.25, -0.2) is 8.42 Å². The van der Waals surface area contributed by atoms with Crippen molar-refractivity contribution in [1.82, 2.24) is 19.9 Å². The molecule has 0 aliphatic heterocycles. The number of rotatable bonds is 6. The van der Waals surface area contributed by atoms with Crippen molar-refractivity contribution < 1.29 is 17.9 Å². The van der Waals surface area contributed by atoms with E-state index in [9.17, 15) is 18.5 Å². The molecule has 0 atom stereocenters. The van der Waals surface area contributed by atoms with Crippen LogP contribution in [0.1, 0.15) is 25.1 Å². The lowest BCUT2D eigenvalue weighted by Gasteiger charge is -1.89. The smallest absolute Gasteiger partial charge is 0.358 e. The minimum atomic E-state index is -4.27. The second kappa shape index (κ2) is 5.77. The first-order valence-electron chi connectivity index (χ1n) is 5.79. The van der Waals surface area contributed by atoms with E-state index in [1.807, 2.05) is 6.92 Å². The topological polar surface area (TPSA) is 134 Å². The second-order valence-corrected chi connectivity index (χ2v) is 6.60. The van der Waals surface area contributed by atoms with Crippen LogP contribution in [0.15, 0.2) is 15.6 Å². The Morgan fingerprint density at radius 1 is 1.52 bits per heavy atom. The Kier molecular flexibility index (Phi) is 4.23. The molecule has 114 valence electrons. The Bertz CT molecular complexity index is 767. The molecule has 0 amide bonds. The lowest BCUT2D eigenvalue weighted by Crippen LogP contribution is -2.01. The molecule has 0 saturated carbocycles. The molecule has 2 rings (SSSR count). The number of hydrogen-bond donors (Lipinski definition) is 0. The first-order chi connectivity index (χ1) is 9.81. The zero-order chi connectivity index (χ0) is 15.6. The number of nitro groups is 1. The predicted octanol–water partition coefficient (Wildman–Crippen LogP) is 1.10. The van der Waals surface area contributed by atoms with E-state index in [4.69, 9.17) is 15.2 Å². The van der Waals surface area contributed by atoms with Gasteiger partial charge in [0.25, 0.3) is 9.05 Å². The van der Waals surface area contributed by atoms with E-state index in [1.54, 1.807) is 0 Å². The number of aromatic nitrogens is 4. The highest BCUT2D eigenvalue weighted by Crippen LogP contribution is 2.25. The van der Waals surface area contributed by atoms with Gasteiger partial charge in [-0.1, -0.05) is 12.1 Å². The van der Waals surface area contributed by atoms with Crippen molar-refractivity contribution in [3.05, 3.63) is 28.0 Å². The highest BCUT2D eigenvalue weighted by molar-refractivity contribution is 8.13. The van der Waals surface area contributed by atoms with Crippen molar-refractivity contribution >= 4 is 25.6 Å². The average Bonchev–Trinajstić information content (AvgIpc) is 2.96.